The van der Waals surface area contributed by atoms with Gasteiger partial charge in [-0.3, -0.25) is 24.1 Å². The second-order valence-electron chi connectivity index (χ2n) is 11.2. The maximum atomic E-state index is 15.0. The number of hydrogen-bond acceptors (Lipinski definition) is 6. The van der Waals surface area contributed by atoms with Crippen LogP contribution in [0.2, 0.25) is 0 Å². The van der Waals surface area contributed by atoms with Crippen molar-refractivity contribution in [2.75, 3.05) is 11.9 Å². The Morgan fingerprint density at radius 2 is 1.48 bits per heavy atom. The van der Waals surface area contributed by atoms with Crippen LogP contribution in [0.5, 0.6) is 11.5 Å². The SMILES string of the molecule is CN1C(=O)C2CC=C3C(CC4(Cl)C(=O)N(c5c(F)c(F)c(F)c(F)c5F)C(=O)C4(Cl)C3c3cc(OC(F)(F)F)ccc3O)C2C1=O. The van der Waals surface area contributed by atoms with Gasteiger partial charge in [-0.2, -0.15) is 0 Å². The Morgan fingerprint density at radius 1 is 0.891 bits per heavy atom. The van der Waals surface area contributed by atoms with E-state index in [0.717, 1.165) is 4.90 Å². The minimum atomic E-state index is -5.27. The normalized spacial score (nSPS) is 30.8. The fourth-order valence-electron chi connectivity index (χ4n) is 7.03. The topological polar surface area (TPSA) is 104 Å². The van der Waals surface area contributed by atoms with Crippen LogP contribution in [0.1, 0.15) is 24.3 Å². The van der Waals surface area contributed by atoms with Crippen LogP contribution in [0.25, 0.3) is 0 Å². The first-order valence-corrected chi connectivity index (χ1v) is 13.9. The van der Waals surface area contributed by atoms with E-state index in [0.29, 0.717) is 18.2 Å². The average molecular weight is 699 g/mol. The van der Waals surface area contributed by atoms with Gasteiger partial charge in [0, 0.05) is 18.5 Å². The van der Waals surface area contributed by atoms with Crippen molar-refractivity contribution in [1.29, 1.82) is 0 Å². The van der Waals surface area contributed by atoms with Gasteiger partial charge in [0.15, 0.2) is 33.0 Å². The number of imide groups is 2. The first-order valence-electron chi connectivity index (χ1n) is 13.2. The molecule has 4 aliphatic rings. The van der Waals surface area contributed by atoms with Crippen LogP contribution in [-0.2, 0) is 19.2 Å². The van der Waals surface area contributed by atoms with E-state index in [2.05, 4.69) is 4.74 Å². The molecule has 4 amide bonds. The van der Waals surface area contributed by atoms with Gasteiger partial charge < -0.3 is 9.84 Å². The van der Waals surface area contributed by atoms with E-state index in [1.54, 1.807) is 0 Å². The molecule has 0 bridgehead atoms. The molecule has 46 heavy (non-hydrogen) atoms. The highest BCUT2D eigenvalue weighted by molar-refractivity contribution is 6.58. The number of allylic oxidation sites excluding steroid dienone is 2. The van der Waals surface area contributed by atoms with Crippen LogP contribution in [0.3, 0.4) is 0 Å². The van der Waals surface area contributed by atoms with Crippen LogP contribution < -0.4 is 9.64 Å². The predicted molar refractivity (Wildman–Crippen MR) is 139 cm³/mol. The third kappa shape index (κ3) is 4.04. The minimum absolute atomic E-state index is 0.0659. The largest absolute Gasteiger partial charge is 0.573 e. The van der Waals surface area contributed by atoms with E-state index < -0.39 is 127 Å². The summed E-state index contributed by atoms with van der Waals surface area (Å²) < 4.78 is 116. The Hall–Kier alpha value is -3.92. The lowest BCUT2D eigenvalue weighted by atomic mass is 9.56. The number of halogens is 10. The number of phenolic OH excluding ortho intramolecular Hbond substituents is 1. The lowest BCUT2D eigenvalue weighted by Crippen LogP contribution is -2.60. The van der Waals surface area contributed by atoms with Crippen molar-refractivity contribution in [2.24, 2.45) is 17.8 Å². The zero-order valence-electron chi connectivity index (χ0n) is 22.7. The first-order chi connectivity index (χ1) is 21.3. The van der Waals surface area contributed by atoms with E-state index >= 15 is 8.78 Å². The molecular weight excluding hydrogens is 683 g/mol. The summed E-state index contributed by atoms with van der Waals surface area (Å²) in [6.07, 6.45) is -4.95. The van der Waals surface area contributed by atoms with Crippen molar-refractivity contribution in [3.05, 3.63) is 64.5 Å². The molecule has 2 heterocycles. The van der Waals surface area contributed by atoms with E-state index in [1.807, 2.05) is 0 Å². The fraction of sp³-hybridized carbons (Fsp3) is 0.357. The summed E-state index contributed by atoms with van der Waals surface area (Å²) in [5, 5.41) is 10.9. The maximum Gasteiger partial charge on any atom is 0.573 e. The molecule has 6 rings (SSSR count). The van der Waals surface area contributed by atoms with Crippen LogP contribution in [0, 0.1) is 46.8 Å². The van der Waals surface area contributed by atoms with Crippen molar-refractivity contribution < 1.29 is 64.1 Å². The summed E-state index contributed by atoms with van der Waals surface area (Å²) in [6.45, 7) is 0. The Morgan fingerprint density at radius 3 is 2.07 bits per heavy atom. The number of benzene rings is 2. The highest BCUT2D eigenvalue weighted by Crippen LogP contribution is 2.66. The molecule has 0 spiro atoms. The zero-order valence-corrected chi connectivity index (χ0v) is 24.2. The molecule has 2 saturated heterocycles. The summed E-state index contributed by atoms with van der Waals surface area (Å²) in [6, 6.07) is 1.99. The van der Waals surface area contributed by atoms with E-state index in [4.69, 9.17) is 23.2 Å². The monoisotopic (exact) mass is 698 g/mol. The lowest BCUT2D eigenvalue weighted by molar-refractivity contribution is -0.274. The summed E-state index contributed by atoms with van der Waals surface area (Å²) in [4.78, 5) is 48.6. The number of carbonyl (C=O) groups excluding carboxylic acids is 4. The number of hydrogen-bond donors (Lipinski definition) is 1. The number of likely N-dealkylation sites (tertiary alicyclic amines) is 1. The van der Waals surface area contributed by atoms with Crippen molar-refractivity contribution in [1.82, 2.24) is 4.90 Å². The molecular formula is C28H16Cl2F8N2O6. The molecule has 2 aromatic carbocycles. The van der Waals surface area contributed by atoms with E-state index in [9.17, 15) is 50.6 Å². The van der Waals surface area contributed by atoms with E-state index in [1.165, 1.54) is 13.1 Å². The number of amides is 4. The van der Waals surface area contributed by atoms with Gasteiger partial charge in [0.1, 0.15) is 17.2 Å². The number of carbonyl (C=O) groups is 4. The molecule has 6 atom stereocenters. The number of ether oxygens (including phenoxy) is 1. The molecule has 1 N–H and O–H groups in total. The quantitative estimate of drug-likeness (QED) is 0.118. The van der Waals surface area contributed by atoms with Gasteiger partial charge in [0.05, 0.1) is 11.8 Å². The van der Waals surface area contributed by atoms with Crippen LogP contribution in [0.15, 0.2) is 29.8 Å². The fourth-order valence-corrected chi connectivity index (χ4v) is 7.96. The van der Waals surface area contributed by atoms with Gasteiger partial charge in [0.25, 0.3) is 11.8 Å². The summed E-state index contributed by atoms with van der Waals surface area (Å²) >= 11 is 13.7. The number of aromatic hydroxyl groups is 1. The average Bonchev–Trinajstić information content (AvgIpc) is 3.29. The number of phenols is 1. The third-order valence-electron chi connectivity index (χ3n) is 8.99. The van der Waals surface area contributed by atoms with Gasteiger partial charge in [0.2, 0.25) is 17.6 Å². The molecule has 2 aliphatic carbocycles. The second kappa shape index (κ2) is 10.0. The third-order valence-corrected chi connectivity index (χ3v) is 10.4. The van der Waals surface area contributed by atoms with E-state index in [-0.39, 0.29) is 12.0 Å². The Labute approximate surface area is 262 Å². The Kier molecular flexibility index (Phi) is 6.99. The lowest BCUT2D eigenvalue weighted by Gasteiger charge is -2.50. The summed E-state index contributed by atoms with van der Waals surface area (Å²) in [7, 11) is 1.17. The highest BCUT2D eigenvalue weighted by atomic mass is 35.5. The van der Waals surface area contributed by atoms with Gasteiger partial charge in [-0.15, -0.1) is 36.4 Å². The highest BCUT2D eigenvalue weighted by Gasteiger charge is 2.77. The van der Waals surface area contributed by atoms with Crippen LogP contribution in [0.4, 0.5) is 40.8 Å². The molecule has 244 valence electrons. The van der Waals surface area contributed by atoms with Gasteiger partial charge >= 0.3 is 6.36 Å². The first kappa shape index (κ1) is 32.0. The van der Waals surface area contributed by atoms with Crippen molar-refractivity contribution in [3.63, 3.8) is 0 Å². The number of rotatable bonds is 3. The molecule has 3 fully saturated rings. The Balaban J connectivity index is 1.63. The predicted octanol–water partition coefficient (Wildman–Crippen LogP) is 5.18. The van der Waals surface area contributed by atoms with Crippen LogP contribution in [-0.4, -0.2) is 56.8 Å². The Bertz CT molecular complexity index is 1790. The smallest absolute Gasteiger partial charge is 0.508 e. The van der Waals surface area contributed by atoms with Gasteiger partial charge in [-0.1, -0.05) is 11.6 Å². The molecule has 8 nitrogen and oxygen atoms in total. The molecule has 18 heteroatoms. The minimum Gasteiger partial charge on any atom is -0.508 e. The molecule has 0 radical (unpaired) electrons. The summed E-state index contributed by atoms with van der Waals surface area (Å²) in [5.41, 5.74) is -2.73. The van der Waals surface area contributed by atoms with Crippen molar-refractivity contribution in [3.8, 4) is 11.5 Å². The number of alkyl halides is 5. The molecule has 1 saturated carbocycles. The molecule has 6 unspecified atom stereocenters. The maximum absolute atomic E-state index is 15.0. The molecule has 2 aromatic rings. The number of nitrogens with zero attached hydrogens (tertiary/aromatic N) is 2. The van der Waals surface area contributed by atoms with Gasteiger partial charge in [-0.05, 0) is 37.0 Å². The standard InChI is InChI=1S/C28H16Cl2F8N2O6/c1-39-22(42)10-4-3-9-12(14(10)23(39)43)7-26(29)24(44)40(21-19(34)17(32)16(31)18(33)20(21)35)25(45)27(26,30)15(9)11-6-8(2-5-13(11)41)46-28(36,37)38/h2-3,5-6,10,12,14-15,41H,4,7H2,1H3. The van der Waals surface area contributed by atoms with Crippen molar-refractivity contribution in [2.45, 2.75) is 34.9 Å². The number of anilines is 1. The molecule has 2 aliphatic heterocycles. The number of fused-ring (bicyclic) bond motifs is 4. The van der Waals surface area contributed by atoms with Gasteiger partial charge in [-0.25, -0.2) is 26.9 Å². The summed E-state index contributed by atoms with van der Waals surface area (Å²) in [5.74, 6) is -25.3. The van der Waals surface area contributed by atoms with Crippen LogP contribution >= 0.6 is 23.2 Å². The molecule has 0 aromatic heterocycles. The zero-order chi connectivity index (χ0) is 34.0. The second-order valence-corrected chi connectivity index (χ2v) is 12.4. The van der Waals surface area contributed by atoms with Crippen molar-refractivity contribution >= 4 is 52.5 Å².